The van der Waals surface area contributed by atoms with Crippen LogP contribution in [0.15, 0.2) is 33.6 Å². The van der Waals surface area contributed by atoms with E-state index in [-0.39, 0.29) is 18.5 Å². The predicted molar refractivity (Wildman–Crippen MR) is 110 cm³/mol. The number of nitrogens with zero attached hydrogens (tertiary/aromatic N) is 2. The summed E-state index contributed by atoms with van der Waals surface area (Å²) in [4.78, 5) is 32.0. The van der Waals surface area contributed by atoms with Crippen LogP contribution in [0.4, 0.5) is 10.5 Å². The van der Waals surface area contributed by atoms with Crippen molar-refractivity contribution in [3.05, 3.63) is 41.6 Å². The van der Waals surface area contributed by atoms with Gasteiger partial charge in [0.05, 0.1) is 6.54 Å². The molecule has 2 aromatic rings. The van der Waals surface area contributed by atoms with Crippen molar-refractivity contribution < 1.29 is 14.0 Å². The predicted octanol–water partition coefficient (Wildman–Crippen LogP) is 3.90. The van der Waals surface area contributed by atoms with Gasteiger partial charge in [-0.25, -0.2) is 9.78 Å². The molecule has 0 unspecified atom stereocenters. The quantitative estimate of drug-likeness (QED) is 0.741. The summed E-state index contributed by atoms with van der Waals surface area (Å²) in [5.74, 6) is 1.35. The fraction of sp³-hybridized carbons (Fsp3) is 0.450. The lowest BCUT2D eigenvalue weighted by Crippen LogP contribution is -2.38. The lowest BCUT2D eigenvalue weighted by atomic mass is 9.99. The maximum absolute atomic E-state index is 12.7. The van der Waals surface area contributed by atoms with Crippen LogP contribution in [0.1, 0.15) is 41.9 Å². The van der Waals surface area contributed by atoms with Gasteiger partial charge in [0.15, 0.2) is 5.69 Å². The highest BCUT2D eigenvalue weighted by atomic mass is 32.2. The Kier molecular flexibility index (Phi) is 6.61. The summed E-state index contributed by atoms with van der Waals surface area (Å²) in [5.41, 5.74) is 1.04. The molecule has 0 bridgehead atoms. The van der Waals surface area contributed by atoms with E-state index < -0.39 is 0 Å². The van der Waals surface area contributed by atoms with Gasteiger partial charge in [-0.05, 0) is 50.1 Å². The number of carbonyl (C=O) groups is 2. The number of thioether (sulfide) groups is 1. The van der Waals surface area contributed by atoms with Gasteiger partial charge in [-0.3, -0.25) is 4.79 Å². The molecule has 28 heavy (non-hydrogen) atoms. The standard InChI is InChI=1S/C20H26N4O3S/c1-13-7-9-24(10-8-13)19(25)18-14(2)27-17(23-18)12-21-20(26)22-15-5-4-6-16(11-15)28-3/h4-6,11,13H,7-10,12H2,1-3H3,(H2,21,22,26). The summed E-state index contributed by atoms with van der Waals surface area (Å²) in [6.07, 6.45) is 4.00. The summed E-state index contributed by atoms with van der Waals surface area (Å²) in [6.45, 7) is 5.54. The van der Waals surface area contributed by atoms with Crippen molar-refractivity contribution in [1.29, 1.82) is 0 Å². The van der Waals surface area contributed by atoms with Crippen molar-refractivity contribution in [2.75, 3.05) is 24.7 Å². The Morgan fingerprint density at radius 2 is 2.07 bits per heavy atom. The summed E-state index contributed by atoms with van der Waals surface area (Å²) < 4.78 is 5.58. The molecule has 1 saturated heterocycles. The van der Waals surface area contributed by atoms with E-state index in [1.807, 2.05) is 35.4 Å². The van der Waals surface area contributed by atoms with E-state index in [1.165, 1.54) is 0 Å². The molecule has 2 heterocycles. The zero-order valence-electron chi connectivity index (χ0n) is 16.4. The maximum atomic E-state index is 12.7. The molecule has 1 aromatic heterocycles. The second kappa shape index (κ2) is 9.14. The van der Waals surface area contributed by atoms with E-state index in [0.29, 0.717) is 29.0 Å². The molecule has 0 atom stereocenters. The third kappa shape index (κ3) is 5.07. The van der Waals surface area contributed by atoms with Crippen molar-refractivity contribution in [1.82, 2.24) is 15.2 Å². The number of anilines is 1. The van der Waals surface area contributed by atoms with Crippen LogP contribution in [0.25, 0.3) is 0 Å². The van der Waals surface area contributed by atoms with Crippen LogP contribution < -0.4 is 10.6 Å². The van der Waals surface area contributed by atoms with Crippen LogP contribution in [0.3, 0.4) is 0 Å². The van der Waals surface area contributed by atoms with Crippen molar-refractivity contribution in [2.45, 2.75) is 38.1 Å². The molecule has 1 aromatic carbocycles. The summed E-state index contributed by atoms with van der Waals surface area (Å²) in [6, 6.07) is 7.23. The van der Waals surface area contributed by atoms with Crippen LogP contribution in [-0.2, 0) is 6.54 Å². The number of likely N-dealkylation sites (tertiary alicyclic amines) is 1. The molecule has 150 valence electrons. The molecule has 1 fully saturated rings. The molecule has 0 aliphatic carbocycles. The SMILES string of the molecule is CSc1cccc(NC(=O)NCc2nc(C(=O)N3CCC(C)CC3)c(C)o2)c1. The first-order valence-electron chi connectivity index (χ1n) is 9.40. The first-order chi connectivity index (χ1) is 13.5. The van der Waals surface area contributed by atoms with Gasteiger partial charge in [0, 0.05) is 23.7 Å². The Morgan fingerprint density at radius 1 is 1.32 bits per heavy atom. The second-order valence-electron chi connectivity index (χ2n) is 7.03. The molecule has 0 radical (unpaired) electrons. The maximum Gasteiger partial charge on any atom is 0.319 e. The number of amides is 3. The van der Waals surface area contributed by atoms with E-state index in [4.69, 9.17) is 4.42 Å². The minimum atomic E-state index is -0.355. The van der Waals surface area contributed by atoms with Gasteiger partial charge in [-0.1, -0.05) is 13.0 Å². The number of hydrogen-bond donors (Lipinski definition) is 2. The Balaban J connectivity index is 1.55. The number of aryl methyl sites for hydroxylation is 1. The highest BCUT2D eigenvalue weighted by Gasteiger charge is 2.26. The first-order valence-corrected chi connectivity index (χ1v) is 10.6. The number of carbonyl (C=O) groups excluding carboxylic acids is 2. The van der Waals surface area contributed by atoms with Crippen molar-refractivity contribution in [3.63, 3.8) is 0 Å². The van der Waals surface area contributed by atoms with Gasteiger partial charge >= 0.3 is 6.03 Å². The largest absolute Gasteiger partial charge is 0.443 e. The molecule has 0 spiro atoms. The van der Waals surface area contributed by atoms with Crippen LogP contribution in [0.2, 0.25) is 0 Å². The minimum Gasteiger partial charge on any atom is -0.443 e. The normalized spacial score (nSPS) is 14.8. The van der Waals surface area contributed by atoms with Crippen molar-refractivity contribution in [2.24, 2.45) is 5.92 Å². The van der Waals surface area contributed by atoms with Gasteiger partial charge in [-0.2, -0.15) is 0 Å². The van der Waals surface area contributed by atoms with E-state index in [2.05, 4.69) is 22.5 Å². The Labute approximate surface area is 169 Å². The smallest absolute Gasteiger partial charge is 0.319 e. The minimum absolute atomic E-state index is 0.0993. The van der Waals surface area contributed by atoms with Crippen LogP contribution in [-0.4, -0.2) is 41.2 Å². The number of urea groups is 1. The molecule has 7 nitrogen and oxygen atoms in total. The van der Waals surface area contributed by atoms with Gasteiger partial charge in [-0.15, -0.1) is 11.8 Å². The fourth-order valence-electron chi connectivity index (χ4n) is 3.12. The molecule has 3 amide bonds. The average molecular weight is 403 g/mol. The third-order valence-electron chi connectivity index (χ3n) is 4.84. The van der Waals surface area contributed by atoms with Crippen LogP contribution in [0, 0.1) is 12.8 Å². The molecule has 1 aliphatic heterocycles. The number of nitrogens with one attached hydrogen (secondary N) is 2. The molecule has 1 aliphatic rings. The van der Waals surface area contributed by atoms with E-state index in [9.17, 15) is 9.59 Å². The topological polar surface area (TPSA) is 87.5 Å². The highest BCUT2D eigenvalue weighted by Crippen LogP contribution is 2.20. The molecule has 2 N–H and O–H groups in total. The Bertz CT molecular complexity index is 844. The number of benzene rings is 1. The van der Waals surface area contributed by atoms with E-state index in [0.717, 1.165) is 30.8 Å². The van der Waals surface area contributed by atoms with Gasteiger partial charge in [0.25, 0.3) is 5.91 Å². The molecule has 8 heteroatoms. The second-order valence-corrected chi connectivity index (χ2v) is 7.91. The lowest BCUT2D eigenvalue weighted by Gasteiger charge is -2.29. The first kappa shape index (κ1) is 20.3. The summed E-state index contributed by atoms with van der Waals surface area (Å²) in [7, 11) is 0. The third-order valence-corrected chi connectivity index (χ3v) is 5.57. The van der Waals surface area contributed by atoms with E-state index in [1.54, 1.807) is 18.7 Å². The zero-order chi connectivity index (χ0) is 20.1. The van der Waals surface area contributed by atoms with Gasteiger partial charge in [0.2, 0.25) is 5.89 Å². The van der Waals surface area contributed by atoms with Crippen LogP contribution >= 0.6 is 11.8 Å². The number of hydrogen-bond acceptors (Lipinski definition) is 5. The Morgan fingerprint density at radius 3 is 2.79 bits per heavy atom. The highest BCUT2D eigenvalue weighted by molar-refractivity contribution is 7.98. The zero-order valence-corrected chi connectivity index (χ0v) is 17.3. The van der Waals surface area contributed by atoms with Crippen molar-refractivity contribution in [3.8, 4) is 0 Å². The lowest BCUT2D eigenvalue weighted by molar-refractivity contribution is 0.0690. The molecular weight excluding hydrogens is 376 g/mol. The number of rotatable bonds is 5. The van der Waals surface area contributed by atoms with E-state index >= 15 is 0 Å². The monoisotopic (exact) mass is 402 g/mol. The number of piperidine rings is 1. The van der Waals surface area contributed by atoms with Crippen molar-refractivity contribution >= 4 is 29.4 Å². The number of oxazole rings is 1. The van der Waals surface area contributed by atoms with Gasteiger partial charge < -0.3 is 20.0 Å². The summed E-state index contributed by atoms with van der Waals surface area (Å²) in [5, 5.41) is 5.49. The molecular formula is C20H26N4O3S. The molecule has 3 rings (SSSR count). The Hall–Kier alpha value is -2.48. The van der Waals surface area contributed by atoms with Crippen LogP contribution in [0.5, 0.6) is 0 Å². The fourth-order valence-corrected chi connectivity index (χ4v) is 3.58. The average Bonchev–Trinajstić information content (AvgIpc) is 3.07. The summed E-state index contributed by atoms with van der Waals surface area (Å²) >= 11 is 1.61. The molecule has 0 saturated carbocycles. The number of aromatic nitrogens is 1. The van der Waals surface area contributed by atoms with Gasteiger partial charge in [0.1, 0.15) is 5.76 Å².